The summed E-state index contributed by atoms with van der Waals surface area (Å²) in [6, 6.07) is 3.28. The van der Waals surface area contributed by atoms with Gasteiger partial charge in [-0.1, -0.05) is 31.0 Å². The van der Waals surface area contributed by atoms with Crippen molar-refractivity contribution in [3.63, 3.8) is 0 Å². The molecule has 2 heterocycles. The Kier molecular flexibility index (Phi) is 6.21. The lowest BCUT2D eigenvalue weighted by atomic mass is 9.96. The van der Waals surface area contributed by atoms with Gasteiger partial charge in [-0.15, -0.1) is 10.2 Å². The molecule has 9 heteroatoms. The topological polar surface area (TPSA) is 110 Å². The van der Waals surface area contributed by atoms with E-state index in [-0.39, 0.29) is 11.3 Å². The predicted octanol–water partition coefficient (Wildman–Crippen LogP) is 2.77. The molecule has 8 nitrogen and oxygen atoms in total. The van der Waals surface area contributed by atoms with E-state index in [1.54, 1.807) is 31.5 Å². The number of hydrogen-bond donors (Lipinski definition) is 2. The van der Waals surface area contributed by atoms with Crippen LogP contribution in [0.4, 0.5) is 4.79 Å². The molecule has 2 aromatic rings. The first-order valence-corrected chi connectivity index (χ1v) is 9.51. The third kappa shape index (κ3) is 5.04. The number of urea groups is 1. The molecule has 0 spiro atoms. The smallest absolute Gasteiger partial charge is 0.321 e. The number of carbonyl (C=O) groups is 2. The monoisotopic (exact) mass is 375 g/mol. The van der Waals surface area contributed by atoms with Crippen LogP contribution in [0, 0.1) is 0 Å². The third-order valence-corrected chi connectivity index (χ3v) is 5.07. The lowest BCUT2D eigenvalue weighted by Crippen LogP contribution is -2.47. The van der Waals surface area contributed by atoms with Crippen molar-refractivity contribution < 1.29 is 14.0 Å². The summed E-state index contributed by atoms with van der Waals surface area (Å²) in [7, 11) is 0. The lowest BCUT2D eigenvalue weighted by Gasteiger charge is -2.22. The van der Waals surface area contributed by atoms with Crippen LogP contribution in [0.3, 0.4) is 0 Å². The molecule has 1 aliphatic rings. The summed E-state index contributed by atoms with van der Waals surface area (Å²) < 4.78 is 5.54. The van der Waals surface area contributed by atoms with Crippen molar-refractivity contribution in [3.8, 4) is 11.5 Å². The van der Waals surface area contributed by atoms with Crippen LogP contribution in [-0.4, -0.2) is 38.4 Å². The number of nitrogens with zero attached hydrogens (tertiary/aromatic N) is 3. The number of amides is 3. The van der Waals surface area contributed by atoms with Gasteiger partial charge in [-0.25, -0.2) is 4.79 Å². The Bertz CT molecular complexity index is 746. The SMILES string of the molecule is C[C@@H](Sc1nnc(-c2cccnc2)o1)C(=O)NC(=O)NC1CCCCC1. The van der Waals surface area contributed by atoms with Crippen LogP contribution in [0.1, 0.15) is 39.0 Å². The summed E-state index contributed by atoms with van der Waals surface area (Å²) in [4.78, 5) is 28.1. The highest BCUT2D eigenvalue weighted by Crippen LogP contribution is 2.25. The quantitative estimate of drug-likeness (QED) is 0.773. The maximum atomic E-state index is 12.2. The van der Waals surface area contributed by atoms with Crippen LogP contribution in [0.25, 0.3) is 11.5 Å². The second-order valence-electron chi connectivity index (χ2n) is 6.17. The van der Waals surface area contributed by atoms with Gasteiger partial charge in [0.05, 0.1) is 10.8 Å². The first-order chi connectivity index (χ1) is 12.6. The molecular formula is C17H21N5O3S. The van der Waals surface area contributed by atoms with Gasteiger partial charge in [0, 0.05) is 18.4 Å². The summed E-state index contributed by atoms with van der Waals surface area (Å²) in [5, 5.41) is 12.8. The average molecular weight is 375 g/mol. The number of hydrogen-bond acceptors (Lipinski definition) is 7. The van der Waals surface area contributed by atoms with Gasteiger partial charge in [-0.3, -0.25) is 15.1 Å². The molecule has 2 N–H and O–H groups in total. The summed E-state index contributed by atoms with van der Waals surface area (Å²) in [6.07, 6.45) is 8.63. The summed E-state index contributed by atoms with van der Waals surface area (Å²) in [6.45, 7) is 1.68. The number of pyridine rings is 1. The number of carbonyl (C=O) groups excluding carboxylic acids is 2. The van der Waals surface area contributed by atoms with Gasteiger partial charge < -0.3 is 9.73 Å². The summed E-state index contributed by atoms with van der Waals surface area (Å²) in [5.74, 6) is -0.0623. The van der Waals surface area contributed by atoms with Crippen molar-refractivity contribution >= 4 is 23.7 Å². The molecule has 3 rings (SSSR count). The Morgan fingerprint density at radius 2 is 2.08 bits per heavy atom. The highest BCUT2D eigenvalue weighted by molar-refractivity contribution is 8.00. The molecule has 0 bridgehead atoms. The highest BCUT2D eigenvalue weighted by Gasteiger charge is 2.22. The van der Waals surface area contributed by atoms with Crippen LogP contribution in [0.5, 0.6) is 0 Å². The molecule has 1 atom stereocenters. The number of nitrogens with one attached hydrogen (secondary N) is 2. The van der Waals surface area contributed by atoms with Gasteiger partial charge in [0.15, 0.2) is 0 Å². The van der Waals surface area contributed by atoms with Crippen LogP contribution in [0.15, 0.2) is 34.2 Å². The van der Waals surface area contributed by atoms with E-state index in [0.29, 0.717) is 11.5 Å². The fourth-order valence-corrected chi connectivity index (χ4v) is 3.43. The predicted molar refractivity (Wildman–Crippen MR) is 96.4 cm³/mol. The van der Waals surface area contributed by atoms with Crippen LogP contribution < -0.4 is 10.6 Å². The maximum Gasteiger partial charge on any atom is 0.321 e. The van der Waals surface area contributed by atoms with Crippen molar-refractivity contribution in [1.29, 1.82) is 0 Å². The molecule has 0 unspecified atom stereocenters. The standard InChI is InChI=1S/C17H21N5O3S/c1-11(14(23)20-16(24)19-13-7-3-2-4-8-13)26-17-22-21-15(25-17)12-6-5-9-18-10-12/h5-6,9-11,13H,2-4,7-8H2,1H3,(H2,19,20,23,24)/t11-/m1/s1. The molecule has 0 saturated heterocycles. The summed E-state index contributed by atoms with van der Waals surface area (Å²) in [5.41, 5.74) is 0.704. The molecule has 2 aromatic heterocycles. The van der Waals surface area contributed by atoms with E-state index in [9.17, 15) is 9.59 Å². The molecule has 0 aliphatic heterocycles. The Labute approximate surface area is 155 Å². The van der Waals surface area contributed by atoms with E-state index in [4.69, 9.17) is 4.42 Å². The van der Waals surface area contributed by atoms with Crippen LogP contribution in [0.2, 0.25) is 0 Å². The average Bonchev–Trinajstić information content (AvgIpc) is 3.11. The summed E-state index contributed by atoms with van der Waals surface area (Å²) >= 11 is 1.10. The Hall–Kier alpha value is -2.42. The van der Waals surface area contributed by atoms with Gasteiger partial charge in [0.25, 0.3) is 5.22 Å². The Balaban J connectivity index is 1.49. The van der Waals surface area contributed by atoms with Crippen molar-refractivity contribution in [2.24, 2.45) is 0 Å². The molecular weight excluding hydrogens is 354 g/mol. The number of rotatable bonds is 5. The number of imide groups is 1. The fourth-order valence-electron chi connectivity index (χ4n) is 2.75. The third-order valence-electron chi connectivity index (χ3n) is 4.14. The fraction of sp³-hybridized carbons (Fsp3) is 0.471. The van der Waals surface area contributed by atoms with Crippen LogP contribution in [-0.2, 0) is 4.79 Å². The molecule has 26 heavy (non-hydrogen) atoms. The highest BCUT2D eigenvalue weighted by atomic mass is 32.2. The minimum Gasteiger partial charge on any atom is -0.411 e. The minimum atomic E-state index is -0.547. The number of aromatic nitrogens is 3. The van der Waals surface area contributed by atoms with Gasteiger partial charge in [-0.05, 0) is 31.9 Å². The van der Waals surface area contributed by atoms with Crippen molar-refractivity contribution in [2.45, 2.75) is 55.5 Å². The van der Waals surface area contributed by atoms with E-state index in [1.807, 2.05) is 0 Å². The zero-order valence-electron chi connectivity index (χ0n) is 14.5. The van der Waals surface area contributed by atoms with Crippen molar-refractivity contribution in [1.82, 2.24) is 25.8 Å². The molecule has 0 radical (unpaired) electrons. The number of thioether (sulfide) groups is 1. The van der Waals surface area contributed by atoms with E-state index in [1.165, 1.54) is 6.42 Å². The van der Waals surface area contributed by atoms with Crippen molar-refractivity contribution in [2.75, 3.05) is 0 Å². The Morgan fingerprint density at radius 1 is 1.27 bits per heavy atom. The maximum absolute atomic E-state index is 12.2. The van der Waals surface area contributed by atoms with E-state index in [0.717, 1.165) is 37.4 Å². The van der Waals surface area contributed by atoms with Crippen LogP contribution >= 0.6 is 11.8 Å². The molecule has 1 aliphatic carbocycles. The molecule has 0 aromatic carbocycles. The second-order valence-corrected chi connectivity index (χ2v) is 7.46. The molecule has 1 saturated carbocycles. The van der Waals surface area contributed by atoms with E-state index >= 15 is 0 Å². The zero-order valence-corrected chi connectivity index (χ0v) is 15.3. The normalized spacial score (nSPS) is 16.0. The molecule has 1 fully saturated rings. The largest absolute Gasteiger partial charge is 0.411 e. The Morgan fingerprint density at radius 3 is 2.81 bits per heavy atom. The van der Waals surface area contributed by atoms with Crippen molar-refractivity contribution in [3.05, 3.63) is 24.5 Å². The minimum absolute atomic E-state index is 0.150. The van der Waals surface area contributed by atoms with E-state index < -0.39 is 17.2 Å². The second kappa shape index (κ2) is 8.79. The van der Waals surface area contributed by atoms with E-state index in [2.05, 4.69) is 25.8 Å². The van der Waals surface area contributed by atoms with Gasteiger partial charge in [0.2, 0.25) is 11.8 Å². The van der Waals surface area contributed by atoms with Gasteiger partial charge in [-0.2, -0.15) is 0 Å². The zero-order chi connectivity index (χ0) is 18.4. The molecule has 3 amide bonds. The first-order valence-electron chi connectivity index (χ1n) is 8.64. The van der Waals surface area contributed by atoms with Gasteiger partial charge >= 0.3 is 6.03 Å². The lowest BCUT2D eigenvalue weighted by molar-refractivity contribution is -0.119. The first kappa shape index (κ1) is 18.4. The van der Waals surface area contributed by atoms with Gasteiger partial charge in [0.1, 0.15) is 0 Å². The molecule has 138 valence electrons.